The first-order valence-electron chi connectivity index (χ1n) is 2.54. The summed E-state index contributed by atoms with van der Waals surface area (Å²) in [4.78, 5) is 1.02. The van der Waals surface area contributed by atoms with E-state index in [9.17, 15) is 0 Å². The summed E-state index contributed by atoms with van der Waals surface area (Å²) < 4.78 is 0. The lowest BCUT2D eigenvalue weighted by atomic mass is 10.2. The van der Waals surface area contributed by atoms with Gasteiger partial charge in [-0.25, -0.2) is 0 Å². The molecular weight excluding hydrogens is 132 g/mol. The van der Waals surface area contributed by atoms with Crippen LogP contribution < -0.4 is 0 Å². The van der Waals surface area contributed by atoms with Crippen LogP contribution in [0.25, 0.3) is 0 Å². The summed E-state index contributed by atoms with van der Waals surface area (Å²) in [7, 11) is 0. The van der Waals surface area contributed by atoms with Crippen molar-refractivity contribution >= 4 is 12.6 Å². The highest BCUT2D eigenvalue weighted by Gasteiger charge is 1.80. The summed E-state index contributed by atoms with van der Waals surface area (Å²) in [5.74, 6) is 0. The Hall–Kier alpha value is -0.470. The predicted molar refractivity (Wildman–Crippen MR) is 42.0 cm³/mol. The highest BCUT2D eigenvalue weighted by atomic mass is 32.1. The third-order valence-electron chi connectivity index (χ3n) is 1.03. The minimum atomic E-state index is 0. The summed E-state index contributed by atoms with van der Waals surface area (Å²) >= 11 is 4.13. The van der Waals surface area contributed by atoms with Gasteiger partial charge in [-0.15, -0.1) is 12.6 Å². The lowest BCUT2D eigenvalue weighted by Gasteiger charge is -1.89. The topological polar surface area (TPSA) is 31.5 Å². The average molecular weight is 142 g/mol. The number of rotatable bonds is 0. The summed E-state index contributed by atoms with van der Waals surface area (Å²) in [5, 5.41) is 0. The van der Waals surface area contributed by atoms with Crippen molar-refractivity contribution in [2.45, 2.75) is 11.8 Å². The molecule has 1 nitrogen and oxygen atoms in total. The second-order valence-corrected chi connectivity index (χ2v) is 2.35. The molecule has 2 N–H and O–H groups in total. The fourth-order valence-electron chi connectivity index (χ4n) is 0.545. The number of benzene rings is 1. The number of hydrogen-bond donors (Lipinski definition) is 1. The molecule has 0 unspecified atom stereocenters. The number of thiol groups is 1. The zero-order valence-electron chi connectivity index (χ0n) is 5.26. The molecule has 0 heterocycles. The van der Waals surface area contributed by atoms with Crippen molar-refractivity contribution < 1.29 is 5.48 Å². The van der Waals surface area contributed by atoms with Crippen molar-refractivity contribution in [3.05, 3.63) is 29.8 Å². The van der Waals surface area contributed by atoms with Gasteiger partial charge in [-0.05, 0) is 19.1 Å². The molecule has 0 aliphatic heterocycles. The van der Waals surface area contributed by atoms with E-state index in [-0.39, 0.29) is 5.48 Å². The van der Waals surface area contributed by atoms with E-state index in [0.29, 0.717) is 0 Å². The lowest BCUT2D eigenvalue weighted by Crippen LogP contribution is -1.67. The van der Waals surface area contributed by atoms with Gasteiger partial charge in [-0.2, -0.15) is 0 Å². The zero-order chi connectivity index (χ0) is 5.98. The Morgan fingerprint density at radius 3 is 1.89 bits per heavy atom. The van der Waals surface area contributed by atoms with E-state index in [1.54, 1.807) is 0 Å². The lowest BCUT2D eigenvalue weighted by molar-refractivity contribution is 0.824. The fraction of sp³-hybridized carbons (Fsp3) is 0.143. The molecule has 2 heteroatoms. The highest BCUT2D eigenvalue weighted by molar-refractivity contribution is 7.80. The van der Waals surface area contributed by atoms with Crippen LogP contribution in [0.1, 0.15) is 5.56 Å². The van der Waals surface area contributed by atoms with E-state index in [4.69, 9.17) is 0 Å². The molecule has 0 bridgehead atoms. The first-order chi connectivity index (χ1) is 3.79. The Balaban J connectivity index is 0.000000640. The maximum Gasteiger partial charge on any atom is 0.00401 e. The van der Waals surface area contributed by atoms with Crippen molar-refractivity contribution in [1.82, 2.24) is 0 Å². The summed E-state index contributed by atoms with van der Waals surface area (Å²) in [6.45, 7) is 2.06. The van der Waals surface area contributed by atoms with Crippen LogP contribution in [0.3, 0.4) is 0 Å². The quantitative estimate of drug-likeness (QED) is 0.532. The summed E-state index contributed by atoms with van der Waals surface area (Å²) in [5.41, 5.74) is 1.28. The zero-order valence-corrected chi connectivity index (χ0v) is 6.15. The molecule has 9 heavy (non-hydrogen) atoms. The van der Waals surface area contributed by atoms with Crippen LogP contribution in [0.2, 0.25) is 0 Å². The Labute approximate surface area is 60.4 Å². The van der Waals surface area contributed by atoms with Crippen molar-refractivity contribution in [1.29, 1.82) is 0 Å². The van der Waals surface area contributed by atoms with Gasteiger partial charge < -0.3 is 5.48 Å². The minimum Gasteiger partial charge on any atom is -0.412 e. The molecule has 0 aromatic heterocycles. The van der Waals surface area contributed by atoms with E-state index in [1.807, 2.05) is 24.3 Å². The molecule has 0 aliphatic rings. The summed E-state index contributed by atoms with van der Waals surface area (Å²) in [6, 6.07) is 8.06. The van der Waals surface area contributed by atoms with Gasteiger partial charge in [0.1, 0.15) is 0 Å². The molecule has 0 aliphatic carbocycles. The van der Waals surface area contributed by atoms with Crippen LogP contribution in [-0.4, -0.2) is 5.48 Å². The minimum absolute atomic E-state index is 0. The van der Waals surface area contributed by atoms with E-state index < -0.39 is 0 Å². The highest BCUT2D eigenvalue weighted by Crippen LogP contribution is 2.05. The van der Waals surface area contributed by atoms with Crippen LogP contribution in [0.4, 0.5) is 0 Å². The van der Waals surface area contributed by atoms with Crippen LogP contribution in [-0.2, 0) is 0 Å². The van der Waals surface area contributed by atoms with Gasteiger partial charge in [-0.3, -0.25) is 0 Å². The van der Waals surface area contributed by atoms with Crippen LogP contribution in [0.15, 0.2) is 29.2 Å². The number of aryl methyl sites for hydroxylation is 1. The standard InChI is InChI=1S/C7H8S.H2O/c1-6-2-4-7(8)5-3-6;/h2-5,8H,1H3;1H2. The van der Waals surface area contributed by atoms with Crippen molar-refractivity contribution in [3.63, 3.8) is 0 Å². The van der Waals surface area contributed by atoms with Gasteiger partial charge >= 0.3 is 0 Å². The van der Waals surface area contributed by atoms with E-state index in [2.05, 4.69) is 19.6 Å². The molecule has 1 rings (SSSR count). The SMILES string of the molecule is Cc1ccc(S)cc1.O. The number of hydrogen-bond acceptors (Lipinski definition) is 1. The van der Waals surface area contributed by atoms with Crippen molar-refractivity contribution in [2.75, 3.05) is 0 Å². The Kier molecular flexibility index (Phi) is 3.35. The van der Waals surface area contributed by atoms with Crippen LogP contribution in [0.5, 0.6) is 0 Å². The van der Waals surface area contributed by atoms with E-state index in [0.717, 1.165) is 4.90 Å². The molecule has 0 saturated heterocycles. The van der Waals surface area contributed by atoms with Gasteiger partial charge in [0.15, 0.2) is 0 Å². The van der Waals surface area contributed by atoms with Crippen molar-refractivity contribution in [2.24, 2.45) is 0 Å². The molecule has 1 aromatic carbocycles. The third kappa shape index (κ3) is 2.54. The van der Waals surface area contributed by atoms with Gasteiger partial charge in [0, 0.05) is 4.90 Å². The van der Waals surface area contributed by atoms with Crippen molar-refractivity contribution in [3.8, 4) is 0 Å². The molecule has 0 amide bonds. The van der Waals surface area contributed by atoms with Gasteiger partial charge in [0.2, 0.25) is 0 Å². The van der Waals surface area contributed by atoms with Gasteiger partial charge in [0.25, 0.3) is 0 Å². The molecule has 0 atom stereocenters. The molecule has 50 valence electrons. The largest absolute Gasteiger partial charge is 0.412 e. The smallest absolute Gasteiger partial charge is 0.00401 e. The Morgan fingerprint density at radius 2 is 1.56 bits per heavy atom. The fourth-order valence-corrected chi connectivity index (χ4v) is 0.694. The Morgan fingerprint density at radius 1 is 1.11 bits per heavy atom. The molecule has 0 spiro atoms. The van der Waals surface area contributed by atoms with Gasteiger partial charge in [0.05, 0.1) is 0 Å². The second kappa shape index (κ2) is 3.54. The maximum absolute atomic E-state index is 4.13. The first-order valence-corrected chi connectivity index (χ1v) is 2.99. The average Bonchev–Trinajstić information content (AvgIpc) is 1.77. The molecular formula is C7H10OS. The second-order valence-electron chi connectivity index (χ2n) is 1.84. The first kappa shape index (κ1) is 8.53. The van der Waals surface area contributed by atoms with E-state index >= 15 is 0 Å². The maximum atomic E-state index is 4.13. The van der Waals surface area contributed by atoms with E-state index in [1.165, 1.54) is 5.56 Å². The molecule has 0 fully saturated rings. The summed E-state index contributed by atoms with van der Waals surface area (Å²) in [6.07, 6.45) is 0. The third-order valence-corrected chi connectivity index (χ3v) is 1.33. The van der Waals surface area contributed by atoms with Crippen LogP contribution >= 0.6 is 12.6 Å². The monoisotopic (exact) mass is 142 g/mol. The van der Waals surface area contributed by atoms with Crippen LogP contribution in [0, 0.1) is 6.92 Å². The Bertz CT molecular complexity index is 148. The van der Waals surface area contributed by atoms with Gasteiger partial charge in [-0.1, -0.05) is 17.7 Å². The molecule has 0 saturated carbocycles. The molecule has 0 radical (unpaired) electrons. The predicted octanol–water partition coefficient (Wildman–Crippen LogP) is 1.46. The molecule has 1 aromatic rings. The normalized spacial score (nSPS) is 8.22.